The lowest BCUT2D eigenvalue weighted by molar-refractivity contribution is -0.394. The van der Waals surface area contributed by atoms with Gasteiger partial charge in [-0.05, 0) is 137 Å². The van der Waals surface area contributed by atoms with Crippen LogP contribution in [0.3, 0.4) is 0 Å². The number of nitrogens with zero attached hydrogens (tertiary/aromatic N) is 2. The second-order valence-electron chi connectivity index (χ2n) is 34.3. The summed E-state index contributed by atoms with van der Waals surface area (Å²) in [5, 5.41) is 61.6. The minimum absolute atomic E-state index is 0. The number of nitrogens with two attached hydrogens (primary N) is 4. The molecule has 8 aromatic carbocycles. The van der Waals surface area contributed by atoms with Crippen molar-refractivity contribution in [3.05, 3.63) is 286 Å². The number of ketones is 2. The number of alkyl carbamates (subject to hydrolysis) is 1. The molecular weight excluding hydrogens is 2040 g/mol. The van der Waals surface area contributed by atoms with Crippen LogP contribution < -0.4 is 65.5 Å². The Balaban J connectivity index is 0.000000983. The number of urea groups is 4. The number of alkyl halides is 2. The highest BCUT2D eigenvalue weighted by Crippen LogP contribution is 2.47. The van der Waals surface area contributed by atoms with E-state index in [4.69, 9.17) is 86.5 Å². The van der Waals surface area contributed by atoms with E-state index in [1.54, 1.807) is 65.0 Å². The van der Waals surface area contributed by atoms with Gasteiger partial charge in [0.05, 0.1) is 54.3 Å². The van der Waals surface area contributed by atoms with Gasteiger partial charge in [-0.15, -0.1) is 36.3 Å². The number of nitrogens with one attached hydrogen (secondary N) is 8. The number of amides is 12. The Morgan fingerprint density at radius 2 is 0.906 bits per heavy atom. The SMILES string of the molecule is C.C#CCCC(=O)N[C@H](C(=O)C[C@@H](CCCNC(N)=O)C(=O)Nc1ccc(COC(=O)NCCCc2ccc([N+](=O)[O-])cc2[N+](=O)[O-])cc1)C(C)C.C#CCCC(=O)N[C@H](C(=O)C[C@@H](CCCNC(N)=O)C(=O)O)C(C)C.C[C@@H](CCCNC(N)=O)C(=O)O.Cc1ccc(C(Cl)(c2ccccc2)c2ccccc2Cl)cc1.Cc1ccc(C(OC(=O)[C@@H](C)CCCNC(N)=O)(c2ccccc2)c2ccccc2Cl)cc1.S=S=S.[2H]CF. The number of benzene rings is 8. The average molecular weight is 2180 g/mol. The van der Waals surface area contributed by atoms with Crippen LogP contribution in [-0.4, -0.2) is 149 Å². The molecule has 0 fully saturated rings. The molecule has 35 nitrogen and oxygen atoms in total. The van der Waals surface area contributed by atoms with Gasteiger partial charge in [0.1, 0.15) is 11.5 Å². The van der Waals surface area contributed by atoms with E-state index in [1.807, 2.05) is 141 Å². The summed E-state index contributed by atoms with van der Waals surface area (Å²) in [7, 11) is -0.0833. The normalized spacial score (nSPS) is 12.3. The number of aliphatic carboxylic acids is 2. The van der Waals surface area contributed by atoms with E-state index in [-0.39, 0.29) is 150 Å². The lowest BCUT2D eigenvalue weighted by Gasteiger charge is -2.36. The number of rotatable bonds is 50. The number of nitro groups is 2. The van der Waals surface area contributed by atoms with Gasteiger partial charge in [0, 0.05) is 158 Å². The van der Waals surface area contributed by atoms with Gasteiger partial charge in [0.15, 0.2) is 17.2 Å². The molecule has 0 aliphatic carbocycles. The van der Waals surface area contributed by atoms with Crippen LogP contribution in [0, 0.1) is 94.3 Å². The smallest absolute Gasteiger partial charge is 0.407 e. The van der Waals surface area contributed by atoms with E-state index < -0.39 is 105 Å². The molecule has 0 heterocycles. The second kappa shape index (κ2) is 72.9. The van der Waals surface area contributed by atoms with Crippen molar-refractivity contribution < 1.29 is 97.6 Å². The number of halogens is 4. The van der Waals surface area contributed by atoms with Crippen molar-refractivity contribution in [1.29, 1.82) is 0 Å². The van der Waals surface area contributed by atoms with Crippen LogP contribution in [0.5, 0.6) is 0 Å². The number of terminal acetylenes is 2. The Morgan fingerprint density at radius 3 is 1.32 bits per heavy atom. The molecule has 8 rings (SSSR count). The number of carbonyl (C=O) groups is 13. The number of carboxylic acids is 2. The summed E-state index contributed by atoms with van der Waals surface area (Å²) in [6.45, 7) is 16.0. The largest absolute Gasteiger partial charge is 0.481 e. The number of hydrogen-bond acceptors (Lipinski definition) is 21. The number of Topliss-reactive ketones (excluding diaryl/α,β-unsaturated/α-hetero) is 2. The summed E-state index contributed by atoms with van der Waals surface area (Å²) >= 11 is 28.6. The van der Waals surface area contributed by atoms with E-state index in [0.717, 1.165) is 48.3 Å². The first-order valence-corrected chi connectivity index (χ1v) is 50.8. The maximum atomic E-state index is 13.4. The monoisotopic (exact) mass is 2170 g/mol. The van der Waals surface area contributed by atoms with Crippen molar-refractivity contribution >= 4 is 161 Å². The van der Waals surface area contributed by atoms with E-state index in [2.05, 4.69) is 108 Å². The van der Waals surface area contributed by atoms with Gasteiger partial charge < -0.3 is 85.2 Å². The molecule has 806 valence electrons. The molecule has 0 saturated carbocycles. The molecule has 0 aliphatic heterocycles. The number of ether oxygens (including phenoxy) is 2. The van der Waals surface area contributed by atoms with Crippen molar-refractivity contribution in [2.45, 2.75) is 195 Å². The topological polar surface area (TPSA) is 567 Å². The zero-order valence-electron chi connectivity index (χ0n) is 84.7. The van der Waals surface area contributed by atoms with Crippen molar-refractivity contribution in [2.75, 3.05) is 45.2 Å². The molecule has 12 amide bonds. The molecular formula is C107H136Cl3FN14O21S3. The summed E-state index contributed by atoms with van der Waals surface area (Å²) in [4.78, 5) is 173. The maximum absolute atomic E-state index is 13.4. The fourth-order valence-corrected chi connectivity index (χ4v) is 15.5. The van der Waals surface area contributed by atoms with Gasteiger partial charge in [-0.2, -0.15) is 0 Å². The van der Waals surface area contributed by atoms with Crippen LogP contribution >= 0.6 is 34.8 Å². The zero-order valence-corrected chi connectivity index (χ0v) is 88.4. The standard InChI is InChI=1S/C34H43N7O10.C27H29ClN2O3.C20H16Cl2.C17H27N3O5.C7H14N2O3.CH3F.CH4.S3/c1-4-5-10-30(43)39-31(22(2)3)29(42)19-25(9-7-17-36-33(35)45)32(44)38-26-14-11-23(12-15-26)21-51-34(46)37-18-6-8-24-13-16-27(40(47)48)20-28(24)41(49)50;1-19-14-16-22(17-15-19)27(21-10-4-3-5-11-21,23-12-6-7-13-24(23)28)33-25(31)20(2)9-8-18-30-26(29)32;1-15-11-13-17(14-12-15)20(22,16-7-3-2-4-8-16)18-9-5-6-10-19(18)21;1-4-5-8-14(22)20-15(11(2)3)13(21)10-12(16(23)24)7-6-9-19-17(18)25;1-5(6(10)11)3-2-4-9-7(8)12;1-2;;1-3-2/h1,11-16,20,22,25,31H,5-10,17-19,21H2,2-3H3,(H,37,46)(H,38,44)(H,39,43)(H3,35,36,45);3-7,10-17,20H,8-9,18H2,1-2H3,(H3,29,30,32);2-14H,1H3;1,11-12,15H,5-10H2,2-3H3,(H,20,22)(H,23,24)(H3,18,19,25);5H,2-4H2,1H3,(H,10,11)(H3,8,9,12);1H3;1H4;/t25-,31+;20-,27?;;12-,15+;5-;;;/m10.10.../s1/i;;;;;1D;;. The molecule has 18 N–H and O–H groups in total. The average Bonchev–Trinajstić information content (AvgIpc) is 0.743. The lowest BCUT2D eigenvalue weighted by Crippen LogP contribution is -2.45. The van der Waals surface area contributed by atoms with Crippen molar-refractivity contribution in [1.82, 2.24) is 37.2 Å². The maximum Gasteiger partial charge on any atom is 0.407 e. The van der Waals surface area contributed by atoms with Gasteiger partial charge in [-0.25, -0.2) is 24.0 Å². The van der Waals surface area contributed by atoms with Crippen LogP contribution in [0.25, 0.3) is 0 Å². The molecule has 8 aromatic rings. The van der Waals surface area contributed by atoms with Crippen molar-refractivity contribution in [2.24, 2.45) is 58.4 Å². The van der Waals surface area contributed by atoms with Gasteiger partial charge >= 0.3 is 48.1 Å². The molecule has 42 heteroatoms. The third kappa shape index (κ3) is 49.8. The summed E-state index contributed by atoms with van der Waals surface area (Å²) in [5.74, 6) is -2.13. The van der Waals surface area contributed by atoms with Crippen LogP contribution in [0.15, 0.2) is 200 Å². The second-order valence-corrected chi connectivity index (χ2v) is 37.5. The Hall–Kier alpha value is -14.4. The van der Waals surface area contributed by atoms with Gasteiger partial charge in [-0.1, -0.05) is 241 Å². The quantitative estimate of drug-likeness (QED) is 0.00320. The third-order valence-corrected chi connectivity index (χ3v) is 23.6. The number of carbonyl (C=O) groups excluding carboxylic acids is 11. The number of primary amides is 4. The van der Waals surface area contributed by atoms with Crippen LogP contribution in [-0.2, 0) is 103 Å². The number of carboxylic acid groups (broad SMARTS) is 2. The molecule has 0 aliphatic rings. The predicted molar refractivity (Wildman–Crippen MR) is 584 cm³/mol. The molecule has 0 radical (unpaired) electrons. The molecule has 2 unspecified atom stereocenters. The first-order valence-electron chi connectivity index (χ1n) is 47.7. The molecule has 149 heavy (non-hydrogen) atoms. The molecule has 0 saturated heterocycles. The Bertz CT molecular complexity index is 5780. The number of nitro benzene ring substituents is 2. The minimum atomic E-state index is -1.22. The highest BCUT2D eigenvalue weighted by molar-refractivity contribution is 8.37. The fraction of sp³-hybridized carbons (Fsp3) is 0.393. The first-order chi connectivity index (χ1) is 70.7. The predicted octanol–water partition coefficient (Wildman–Crippen LogP) is 17.6. The Morgan fingerprint density at radius 1 is 0.517 bits per heavy atom. The van der Waals surface area contributed by atoms with E-state index in [0.29, 0.717) is 90.5 Å². The minimum Gasteiger partial charge on any atom is -0.481 e. The first kappa shape index (κ1) is 131. The number of anilines is 1. The number of aryl methyl sites for hydroxylation is 3. The highest BCUT2D eigenvalue weighted by Gasteiger charge is 2.44. The van der Waals surface area contributed by atoms with Crippen LogP contribution in [0.1, 0.15) is 202 Å². The van der Waals surface area contributed by atoms with Crippen LogP contribution in [0.2, 0.25) is 10.0 Å². The zero-order chi connectivity index (χ0) is 112. The molecule has 0 spiro atoms. The van der Waals surface area contributed by atoms with Gasteiger partial charge in [0.25, 0.3) is 11.4 Å². The van der Waals surface area contributed by atoms with E-state index >= 15 is 0 Å². The van der Waals surface area contributed by atoms with E-state index in [1.165, 1.54) is 17.7 Å². The number of hydrogen-bond donors (Lipinski definition) is 14. The van der Waals surface area contributed by atoms with Crippen molar-refractivity contribution in [3.63, 3.8) is 0 Å². The van der Waals surface area contributed by atoms with Crippen molar-refractivity contribution in [3.8, 4) is 24.7 Å². The molecule has 0 bridgehead atoms. The summed E-state index contributed by atoms with van der Waals surface area (Å²) < 4.78 is 27.1. The lowest BCUT2D eigenvalue weighted by atomic mass is 9.79. The summed E-state index contributed by atoms with van der Waals surface area (Å²) in [6.07, 6.45) is 14.0. The number of non-ortho nitro benzene ring substituents is 1. The van der Waals surface area contributed by atoms with E-state index in [9.17, 15) is 92.1 Å². The summed E-state index contributed by atoms with van der Waals surface area (Å²) in [5.41, 5.74) is 26.8. The Kier molecular flexibility index (Phi) is 63.9. The van der Waals surface area contributed by atoms with Crippen LogP contribution in [0.4, 0.5) is 45.4 Å². The number of esters is 1. The third-order valence-electron chi connectivity index (χ3n) is 22.3. The molecule has 8 atom stereocenters. The van der Waals surface area contributed by atoms with Gasteiger partial charge in [0.2, 0.25) is 17.7 Å². The van der Waals surface area contributed by atoms with Gasteiger partial charge in [-0.3, -0.25) is 63.0 Å². The highest BCUT2D eigenvalue weighted by atomic mass is 35.5. The molecule has 0 aromatic heterocycles. The fourth-order valence-electron chi connectivity index (χ4n) is 14.5. The summed E-state index contributed by atoms with van der Waals surface area (Å²) in [6, 6.07) is 56.9. The Labute approximate surface area is 898 Å².